The third-order valence-corrected chi connectivity index (χ3v) is 3.92. The lowest BCUT2D eigenvalue weighted by atomic mass is 10.3. The van der Waals surface area contributed by atoms with Crippen LogP contribution in [0.25, 0.3) is 0 Å². The Kier molecular flexibility index (Phi) is 3.04. The van der Waals surface area contributed by atoms with Crippen LogP contribution in [0.15, 0.2) is 11.4 Å². The van der Waals surface area contributed by atoms with Crippen molar-refractivity contribution in [3.63, 3.8) is 0 Å². The summed E-state index contributed by atoms with van der Waals surface area (Å²) in [6.07, 6.45) is 2.88. The zero-order chi connectivity index (χ0) is 8.39. The quantitative estimate of drug-likeness (QED) is 0.842. The van der Waals surface area contributed by atoms with Crippen LogP contribution >= 0.6 is 33.9 Å². The summed E-state index contributed by atoms with van der Waals surface area (Å²) in [5.74, 6) is 0.989. The topological polar surface area (TPSA) is 12.0 Å². The van der Waals surface area contributed by atoms with Gasteiger partial charge in [-0.05, 0) is 64.9 Å². The van der Waals surface area contributed by atoms with Gasteiger partial charge < -0.3 is 5.32 Å². The summed E-state index contributed by atoms with van der Waals surface area (Å²) in [4.78, 5) is 0. The molecule has 1 aromatic heterocycles. The molecule has 66 valence electrons. The van der Waals surface area contributed by atoms with E-state index in [2.05, 4.69) is 39.4 Å². The van der Waals surface area contributed by atoms with Gasteiger partial charge in [-0.15, -0.1) is 11.3 Å². The molecule has 0 amide bonds. The van der Waals surface area contributed by atoms with Gasteiger partial charge in [0.2, 0.25) is 0 Å². The summed E-state index contributed by atoms with van der Waals surface area (Å²) in [5, 5.41) is 5.72. The summed E-state index contributed by atoms with van der Waals surface area (Å²) in [6.45, 7) is 2.27. The fourth-order valence-corrected chi connectivity index (χ4v) is 2.60. The second-order valence-corrected chi connectivity index (χ2v) is 6.14. The van der Waals surface area contributed by atoms with Crippen LogP contribution in [0.1, 0.15) is 18.4 Å². The minimum Gasteiger partial charge on any atom is -0.312 e. The van der Waals surface area contributed by atoms with Gasteiger partial charge in [0.15, 0.2) is 0 Å². The number of thiophene rings is 1. The molecular formula is C9H12INS. The van der Waals surface area contributed by atoms with Gasteiger partial charge in [0.05, 0.1) is 2.88 Å². The van der Waals surface area contributed by atoms with Gasteiger partial charge in [0.1, 0.15) is 0 Å². The van der Waals surface area contributed by atoms with Gasteiger partial charge in [-0.25, -0.2) is 0 Å². The highest BCUT2D eigenvalue weighted by atomic mass is 127. The van der Waals surface area contributed by atoms with E-state index in [9.17, 15) is 0 Å². The van der Waals surface area contributed by atoms with Crippen LogP contribution in [-0.4, -0.2) is 6.54 Å². The molecule has 0 radical (unpaired) electrons. The molecule has 2 rings (SSSR count). The first kappa shape index (κ1) is 8.97. The fraction of sp³-hybridized carbons (Fsp3) is 0.556. The van der Waals surface area contributed by atoms with Crippen LogP contribution in [0.5, 0.6) is 0 Å². The van der Waals surface area contributed by atoms with Crippen LogP contribution in [0.2, 0.25) is 0 Å². The molecule has 0 spiro atoms. The number of halogens is 1. The average molecular weight is 293 g/mol. The molecule has 3 heteroatoms. The van der Waals surface area contributed by atoms with Crippen molar-refractivity contribution in [1.29, 1.82) is 0 Å². The van der Waals surface area contributed by atoms with Crippen molar-refractivity contribution in [1.82, 2.24) is 5.32 Å². The van der Waals surface area contributed by atoms with Crippen LogP contribution in [0, 0.1) is 8.80 Å². The van der Waals surface area contributed by atoms with Crippen molar-refractivity contribution in [3.05, 3.63) is 19.9 Å². The summed E-state index contributed by atoms with van der Waals surface area (Å²) in [5.41, 5.74) is 1.44. The van der Waals surface area contributed by atoms with Gasteiger partial charge in [-0.3, -0.25) is 0 Å². The van der Waals surface area contributed by atoms with E-state index in [0.29, 0.717) is 0 Å². The molecule has 12 heavy (non-hydrogen) atoms. The lowest BCUT2D eigenvalue weighted by Crippen LogP contribution is -2.15. The van der Waals surface area contributed by atoms with E-state index in [-0.39, 0.29) is 0 Å². The Hall–Kier alpha value is 0.390. The van der Waals surface area contributed by atoms with Crippen molar-refractivity contribution < 1.29 is 0 Å². The second-order valence-electron chi connectivity index (χ2n) is 3.33. The predicted molar refractivity (Wildman–Crippen MR) is 61.5 cm³/mol. The van der Waals surface area contributed by atoms with E-state index >= 15 is 0 Å². The molecule has 1 saturated carbocycles. The minimum atomic E-state index is 0.989. The monoisotopic (exact) mass is 293 g/mol. The van der Waals surface area contributed by atoms with E-state index in [0.717, 1.165) is 12.5 Å². The van der Waals surface area contributed by atoms with Crippen molar-refractivity contribution in [3.8, 4) is 0 Å². The summed E-state index contributed by atoms with van der Waals surface area (Å²) in [7, 11) is 0. The highest BCUT2D eigenvalue weighted by Crippen LogP contribution is 2.27. The van der Waals surface area contributed by atoms with E-state index in [1.807, 2.05) is 11.3 Å². The molecule has 1 aliphatic rings. The number of hydrogen-bond acceptors (Lipinski definition) is 2. The molecule has 0 aromatic carbocycles. The van der Waals surface area contributed by atoms with E-state index in [1.165, 1.54) is 27.8 Å². The number of rotatable bonds is 4. The highest BCUT2D eigenvalue weighted by Gasteiger charge is 2.19. The van der Waals surface area contributed by atoms with E-state index < -0.39 is 0 Å². The number of hydrogen-bond donors (Lipinski definition) is 1. The smallest absolute Gasteiger partial charge is 0.0656 e. The molecule has 1 heterocycles. The molecule has 0 unspecified atom stereocenters. The molecule has 0 aliphatic heterocycles. The summed E-state index contributed by atoms with van der Waals surface area (Å²) < 4.78 is 1.39. The van der Waals surface area contributed by atoms with Gasteiger partial charge >= 0.3 is 0 Å². The molecule has 1 aromatic rings. The first-order valence-electron chi connectivity index (χ1n) is 4.28. The summed E-state index contributed by atoms with van der Waals surface area (Å²) >= 11 is 4.19. The van der Waals surface area contributed by atoms with Crippen molar-refractivity contribution in [2.24, 2.45) is 5.92 Å². The lowest BCUT2D eigenvalue weighted by molar-refractivity contribution is 0.639. The first-order chi connectivity index (χ1) is 5.84. The fourth-order valence-electron chi connectivity index (χ4n) is 1.18. The zero-order valence-corrected chi connectivity index (χ0v) is 9.82. The summed E-state index contributed by atoms with van der Waals surface area (Å²) in [6, 6.07) is 2.26. The average Bonchev–Trinajstić information content (AvgIpc) is 2.76. The van der Waals surface area contributed by atoms with Gasteiger partial charge in [0.25, 0.3) is 0 Å². The number of nitrogens with one attached hydrogen (secondary N) is 1. The first-order valence-corrected chi connectivity index (χ1v) is 6.24. The highest BCUT2D eigenvalue weighted by molar-refractivity contribution is 14.1. The Labute approximate surface area is 90.7 Å². The maximum Gasteiger partial charge on any atom is 0.0656 e. The van der Waals surface area contributed by atoms with Gasteiger partial charge in [-0.2, -0.15) is 0 Å². The molecule has 0 saturated heterocycles. The molecule has 1 nitrogen and oxygen atoms in total. The maximum absolute atomic E-state index is 3.48. The Balaban J connectivity index is 1.71. The third-order valence-electron chi connectivity index (χ3n) is 2.08. The molecule has 0 bridgehead atoms. The largest absolute Gasteiger partial charge is 0.312 e. The second kappa shape index (κ2) is 4.07. The minimum absolute atomic E-state index is 0.989. The Morgan fingerprint density at radius 2 is 2.42 bits per heavy atom. The molecule has 1 aliphatic carbocycles. The van der Waals surface area contributed by atoms with Crippen LogP contribution in [-0.2, 0) is 6.54 Å². The zero-order valence-electron chi connectivity index (χ0n) is 6.85. The normalized spacial score (nSPS) is 16.8. The molecule has 1 N–H and O–H groups in total. The van der Waals surface area contributed by atoms with Gasteiger partial charge in [0, 0.05) is 6.54 Å². The van der Waals surface area contributed by atoms with Crippen molar-refractivity contribution >= 4 is 33.9 Å². The van der Waals surface area contributed by atoms with E-state index in [4.69, 9.17) is 0 Å². The van der Waals surface area contributed by atoms with Gasteiger partial charge in [-0.1, -0.05) is 0 Å². The van der Waals surface area contributed by atoms with Crippen LogP contribution in [0.3, 0.4) is 0 Å². The maximum atomic E-state index is 3.48. The van der Waals surface area contributed by atoms with Crippen LogP contribution in [0.4, 0.5) is 0 Å². The third kappa shape index (κ3) is 2.71. The SMILES string of the molecule is Ic1cc(CNCC2CC2)cs1. The predicted octanol–water partition coefficient (Wildman–Crippen LogP) is 2.85. The van der Waals surface area contributed by atoms with Crippen molar-refractivity contribution in [2.75, 3.05) is 6.54 Å². The Bertz CT molecular complexity index is 255. The Morgan fingerprint density at radius 1 is 1.58 bits per heavy atom. The lowest BCUT2D eigenvalue weighted by Gasteiger charge is -1.99. The van der Waals surface area contributed by atoms with Crippen LogP contribution < -0.4 is 5.32 Å². The molecular weight excluding hydrogens is 281 g/mol. The molecule has 1 fully saturated rings. The Morgan fingerprint density at radius 3 is 3.00 bits per heavy atom. The molecule has 0 atom stereocenters. The van der Waals surface area contributed by atoms with Crippen molar-refractivity contribution in [2.45, 2.75) is 19.4 Å². The standard InChI is InChI=1S/C9H12INS/c10-9-3-8(6-12-9)5-11-4-7-1-2-7/h3,6-7,11H,1-2,4-5H2. The van der Waals surface area contributed by atoms with E-state index in [1.54, 1.807) is 0 Å².